The van der Waals surface area contributed by atoms with E-state index in [1.807, 2.05) is 35.9 Å². The Morgan fingerprint density at radius 2 is 1.90 bits per heavy atom. The fourth-order valence-electron chi connectivity index (χ4n) is 2.50. The van der Waals surface area contributed by atoms with Gasteiger partial charge in [-0.15, -0.1) is 0 Å². The predicted octanol–water partition coefficient (Wildman–Crippen LogP) is 2.35. The molecule has 0 fully saturated rings. The Bertz CT molecular complexity index is 715. The molecule has 1 heterocycles. The fraction of sp³-hybridized carbons (Fsp3) is 0.500. The molecule has 2 rings (SSSR count). The van der Waals surface area contributed by atoms with Crippen molar-refractivity contribution in [3.8, 4) is 0 Å². The van der Waals surface area contributed by atoms with Crippen LogP contribution in [0.5, 0.6) is 0 Å². The van der Waals surface area contributed by atoms with Crippen LogP contribution in [-0.2, 0) is 22.8 Å². The molecule has 0 aliphatic heterocycles. The molecule has 0 aliphatic carbocycles. The van der Waals surface area contributed by atoms with Crippen LogP contribution in [0.1, 0.15) is 26.3 Å². The van der Waals surface area contributed by atoms with Gasteiger partial charge < -0.3 is 10.3 Å². The minimum Gasteiger partial charge on any atom is -0.346 e. The maximum Gasteiger partial charge on any atom is 0.154 e. The molecule has 5 heteroatoms. The second-order valence-electron chi connectivity index (χ2n) is 5.96. The summed E-state index contributed by atoms with van der Waals surface area (Å²) < 4.78 is 26.0. The molecule has 0 saturated carbocycles. The summed E-state index contributed by atoms with van der Waals surface area (Å²) in [6.07, 6.45) is 2.75. The van der Waals surface area contributed by atoms with E-state index in [0.29, 0.717) is 6.54 Å². The van der Waals surface area contributed by atoms with E-state index in [4.69, 9.17) is 5.73 Å². The summed E-state index contributed by atoms with van der Waals surface area (Å²) in [6, 6.07) is 8.25. The van der Waals surface area contributed by atoms with Crippen molar-refractivity contribution in [1.82, 2.24) is 4.57 Å². The molecule has 0 radical (unpaired) electrons. The van der Waals surface area contributed by atoms with E-state index in [-0.39, 0.29) is 17.0 Å². The molecule has 21 heavy (non-hydrogen) atoms. The zero-order valence-electron chi connectivity index (χ0n) is 12.9. The van der Waals surface area contributed by atoms with Crippen LogP contribution >= 0.6 is 0 Å². The minimum atomic E-state index is -3.02. The standard InChI is InChI=1S/C16H24N2O2S/c1-12(2)21(19,20)10-9-18-8-7-14-5-4-6-15(16(14)18)11-13(3)17/h4-8,12-13H,9-11,17H2,1-3H3. The summed E-state index contributed by atoms with van der Waals surface area (Å²) in [7, 11) is -3.02. The van der Waals surface area contributed by atoms with E-state index in [0.717, 1.165) is 17.3 Å². The molecule has 0 aliphatic rings. The summed E-state index contributed by atoms with van der Waals surface area (Å²) in [5.74, 6) is 0.168. The van der Waals surface area contributed by atoms with Crippen molar-refractivity contribution in [2.75, 3.05) is 5.75 Å². The van der Waals surface area contributed by atoms with Gasteiger partial charge in [0.25, 0.3) is 0 Å². The fourth-order valence-corrected chi connectivity index (χ4v) is 3.42. The Balaban J connectivity index is 2.32. The van der Waals surface area contributed by atoms with E-state index >= 15 is 0 Å². The maximum atomic E-state index is 12.0. The Hall–Kier alpha value is -1.33. The van der Waals surface area contributed by atoms with Crippen molar-refractivity contribution in [3.63, 3.8) is 0 Å². The zero-order valence-corrected chi connectivity index (χ0v) is 13.7. The largest absolute Gasteiger partial charge is 0.346 e. The van der Waals surface area contributed by atoms with Crippen molar-refractivity contribution >= 4 is 20.7 Å². The van der Waals surface area contributed by atoms with Crippen molar-refractivity contribution in [2.24, 2.45) is 5.73 Å². The Labute approximate surface area is 126 Å². The van der Waals surface area contributed by atoms with E-state index in [1.165, 1.54) is 5.56 Å². The molecule has 1 atom stereocenters. The summed E-state index contributed by atoms with van der Waals surface area (Å²) in [4.78, 5) is 0. The van der Waals surface area contributed by atoms with E-state index in [9.17, 15) is 8.42 Å². The number of nitrogens with zero attached hydrogens (tertiary/aromatic N) is 1. The monoisotopic (exact) mass is 308 g/mol. The lowest BCUT2D eigenvalue weighted by atomic mass is 10.0. The quantitative estimate of drug-likeness (QED) is 0.891. The Kier molecular flexibility index (Phi) is 4.74. The second-order valence-corrected chi connectivity index (χ2v) is 8.64. The molecular formula is C16H24N2O2S. The molecule has 2 N–H and O–H groups in total. The van der Waals surface area contributed by atoms with Crippen LogP contribution in [-0.4, -0.2) is 30.0 Å². The lowest BCUT2D eigenvalue weighted by Gasteiger charge is -2.13. The molecule has 1 aromatic carbocycles. The summed E-state index contributed by atoms with van der Waals surface area (Å²) in [6.45, 7) is 5.92. The molecule has 0 bridgehead atoms. The first-order chi connectivity index (χ1) is 9.81. The topological polar surface area (TPSA) is 65.1 Å². The number of sulfone groups is 1. The van der Waals surface area contributed by atoms with Gasteiger partial charge in [0, 0.05) is 18.8 Å². The van der Waals surface area contributed by atoms with Crippen LogP contribution < -0.4 is 5.73 Å². The first-order valence-electron chi connectivity index (χ1n) is 7.35. The third kappa shape index (κ3) is 3.66. The molecule has 4 nitrogen and oxygen atoms in total. The molecular weight excluding hydrogens is 284 g/mol. The summed E-state index contributed by atoms with van der Waals surface area (Å²) >= 11 is 0. The number of fused-ring (bicyclic) bond motifs is 1. The van der Waals surface area contributed by atoms with Crippen molar-refractivity contribution in [2.45, 2.75) is 45.0 Å². The highest BCUT2D eigenvalue weighted by Crippen LogP contribution is 2.22. The van der Waals surface area contributed by atoms with Crippen molar-refractivity contribution in [3.05, 3.63) is 36.0 Å². The summed E-state index contributed by atoms with van der Waals surface area (Å²) in [5.41, 5.74) is 8.19. The van der Waals surface area contributed by atoms with E-state index in [1.54, 1.807) is 13.8 Å². The molecule has 1 unspecified atom stereocenters. The lowest BCUT2D eigenvalue weighted by molar-refractivity contribution is 0.581. The highest BCUT2D eigenvalue weighted by atomic mass is 32.2. The first-order valence-corrected chi connectivity index (χ1v) is 9.06. The number of rotatable bonds is 6. The third-order valence-corrected chi connectivity index (χ3v) is 5.94. The molecule has 2 aromatic rings. The average molecular weight is 308 g/mol. The van der Waals surface area contributed by atoms with Crippen molar-refractivity contribution < 1.29 is 8.42 Å². The van der Waals surface area contributed by atoms with Gasteiger partial charge in [0.2, 0.25) is 0 Å². The maximum absolute atomic E-state index is 12.0. The van der Waals surface area contributed by atoms with Crippen molar-refractivity contribution in [1.29, 1.82) is 0 Å². The zero-order chi connectivity index (χ0) is 15.6. The van der Waals surface area contributed by atoms with Gasteiger partial charge in [-0.1, -0.05) is 18.2 Å². The third-order valence-electron chi connectivity index (χ3n) is 3.75. The van der Waals surface area contributed by atoms with Gasteiger partial charge in [-0.2, -0.15) is 0 Å². The van der Waals surface area contributed by atoms with Crippen LogP contribution in [0.3, 0.4) is 0 Å². The molecule has 1 aromatic heterocycles. The van der Waals surface area contributed by atoms with Crippen LogP contribution in [0.2, 0.25) is 0 Å². The van der Waals surface area contributed by atoms with Gasteiger partial charge >= 0.3 is 0 Å². The SMILES string of the molecule is CC(N)Cc1cccc2ccn(CCS(=O)(=O)C(C)C)c12. The highest BCUT2D eigenvalue weighted by molar-refractivity contribution is 7.91. The van der Waals surface area contributed by atoms with Crippen LogP contribution in [0.4, 0.5) is 0 Å². The van der Waals surface area contributed by atoms with E-state index in [2.05, 4.69) is 6.07 Å². The Morgan fingerprint density at radius 3 is 2.52 bits per heavy atom. The van der Waals surface area contributed by atoms with Gasteiger partial charge in [0.1, 0.15) is 0 Å². The number of hydrogen-bond donors (Lipinski definition) is 1. The highest BCUT2D eigenvalue weighted by Gasteiger charge is 2.17. The van der Waals surface area contributed by atoms with Crippen LogP contribution in [0.15, 0.2) is 30.5 Å². The van der Waals surface area contributed by atoms with E-state index < -0.39 is 9.84 Å². The Morgan fingerprint density at radius 1 is 1.19 bits per heavy atom. The van der Waals surface area contributed by atoms with Gasteiger partial charge in [-0.05, 0) is 44.2 Å². The normalized spacial score (nSPS) is 14.0. The lowest BCUT2D eigenvalue weighted by Crippen LogP contribution is -2.21. The number of benzene rings is 1. The van der Waals surface area contributed by atoms with Gasteiger partial charge in [0.05, 0.1) is 16.5 Å². The van der Waals surface area contributed by atoms with Gasteiger partial charge in [-0.25, -0.2) is 8.42 Å². The summed E-state index contributed by atoms with van der Waals surface area (Å²) in [5, 5.41) is 0.804. The molecule has 0 saturated heterocycles. The number of aromatic nitrogens is 1. The molecule has 116 valence electrons. The first kappa shape index (κ1) is 16.0. The van der Waals surface area contributed by atoms with Crippen LogP contribution in [0, 0.1) is 0 Å². The predicted molar refractivity (Wildman–Crippen MR) is 88.2 cm³/mol. The molecule has 0 spiro atoms. The number of para-hydroxylation sites is 1. The van der Waals surface area contributed by atoms with Gasteiger partial charge in [0.15, 0.2) is 9.84 Å². The smallest absolute Gasteiger partial charge is 0.154 e. The van der Waals surface area contributed by atoms with Crippen LogP contribution in [0.25, 0.3) is 10.9 Å². The molecule has 0 amide bonds. The number of nitrogens with two attached hydrogens (primary N) is 1. The minimum absolute atomic E-state index is 0.0818. The number of aryl methyl sites for hydroxylation is 1. The second kappa shape index (κ2) is 6.20. The number of hydrogen-bond acceptors (Lipinski definition) is 3. The average Bonchev–Trinajstić information content (AvgIpc) is 2.80. The van der Waals surface area contributed by atoms with Gasteiger partial charge in [-0.3, -0.25) is 0 Å².